The van der Waals surface area contributed by atoms with Crippen LogP contribution in [0.3, 0.4) is 0 Å². The Labute approximate surface area is 175 Å². The molecule has 0 saturated heterocycles. The Morgan fingerprint density at radius 1 is 1.07 bits per heavy atom. The van der Waals surface area contributed by atoms with Crippen LogP contribution in [-0.4, -0.2) is 24.5 Å². The van der Waals surface area contributed by atoms with Crippen molar-refractivity contribution in [1.82, 2.24) is 10.3 Å². The molecular formula is C22H23N3O4S. The topological polar surface area (TPSA) is 108 Å². The summed E-state index contributed by atoms with van der Waals surface area (Å²) in [6, 6.07) is 16.1. The number of amides is 2. The van der Waals surface area contributed by atoms with Gasteiger partial charge in [-0.1, -0.05) is 30.3 Å². The summed E-state index contributed by atoms with van der Waals surface area (Å²) in [6.07, 6.45) is 2.65. The first-order valence-corrected chi connectivity index (χ1v) is 11.0. The van der Waals surface area contributed by atoms with Crippen LogP contribution in [0, 0.1) is 0 Å². The highest BCUT2D eigenvalue weighted by Crippen LogP contribution is 2.21. The molecule has 8 heteroatoms. The number of pyridine rings is 1. The smallest absolute Gasteiger partial charge is 0.319 e. The fourth-order valence-corrected chi connectivity index (χ4v) is 4.19. The Balaban J connectivity index is 1.61. The van der Waals surface area contributed by atoms with Crippen LogP contribution in [0.15, 0.2) is 78.0 Å². The summed E-state index contributed by atoms with van der Waals surface area (Å²) in [5, 5.41) is 15.1. The van der Waals surface area contributed by atoms with Gasteiger partial charge in [-0.15, -0.1) is 0 Å². The number of hydrogen-bond acceptors (Lipinski definition) is 5. The average Bonchev–Trinajstić information content (AvgIpc) is 2.73. The van der Waals surface area contributed by atoms with Crippen molar-refractivity contribution in [2.75, 3.05) is 5.32 Å². The van der Waals surface area contributed by atoms with E-state index >= 15 is 0 Å². The van der Waals surface area contributed by atoms with Gasteiger partial charge in [-0.05, 0) is 53.9 Å². The quantitative estimate of drug-likeness (QED) is 0.537. The van der Waals surface area contributed by atoms with E-state index in [-0.39, 0.29) is 10.6 Å². The standard InChI is InChI=1S/C22H23N3O4S/c1-16(26)19-6-2-4-17(12-19)15-30(28,29)21-9-7-20(8-10-21)25-22(27)24-14-18-5-3-11-23-13-18/h2-13,16,26H,14-15H2,1H3,(H2,24,25,27)/t16-/m0/s1. The van der Waals surface area contributed by atoms with Crippen molar-refractivity contribution in [2.45, 2.75) is 30.2 Å². The fourth-order valence-electron chi connectivity index (χ4n) is 2.85. The number of hydrogen-bond donors (Lipinski definition) is 3. The van der Waals surface area contributed by atoms with E-state index in [1.54, 1.807) is 61.8 Å². The molecular weight excluding hydrogens is 402 g/mol. The number of aromatic nitrogens is 1. The third-order valence-corrected chi connectivity index (χ3v) is 6.14. The van der Waals surface area contributed by atoms with Crippen LogP contribution in [0.2, 0.25) is 0 Å². The van der Waals surface area contributed by atoms with Gasteiger partial charge < -0.3 is 15.7 Å². The number of aliphatic hydroxyl groups is 1. The summed E-state index contributed by atoms with van der Waals surface area (Å²) >= 11 is 0. The minimum absolute atomic E-state index is 0.159. The SMILES string of the molecule is C[C@H](O)c1cccc(CS(=O)(=O)c2ccc(NC(=O)NCc3cccnc3)cc2)c1. The van der Waals surface area contributed by atoms with Gasteiger partial charge >= 0.3 is 6.03 Å². The zero-order chi connectivity index (χ0) is 21.6. The number of urea groups is 1. The molecule has 0 fully saturated rings. The van der Waals surface area contributed by atoms with Crippen molar-refractivity contribution in [3.8, 4) is 0 Å². The zero-order valence-electron chi connectivity index (χ0n) is 16.4. The molecule has 0 aliphatic heterocycles. The third kappa shape index (κ3) is 5.88. The van der Waals surface area contributed by atoms with E-state index in [9.17, 15) is 18.3 Å². The van der Waals surface area contributed by atoms with Gasteiger partial charge in [0.1, 0.15) is 0 Å². The van der Waals surface area contributed by atoms with Gasteiger partial charge in [-0.25, -0.2) is 13.2 Å². The Bertz CT molecular complexity index is 1100. The first-order valence-electron chi connectivity index (χ1n) is 9.37. The summed E-state index contributed by atoms with van der Waals surface area (Å²) in [5.74, 6) is -0.175. The minimum Gasteiger partial charge on any atom is -0.389 e. The largest absolute Gasteiger partial charge is 0.389 e. The molecule has 1 heterocycles. The van der Waals surface area contributed by atoms with E-state index in [2.05, 4.69) is 15.6 Å². The second-order valence-electron chi connectivity index (χ2n) is 6.87. The summed E-state index contributed by atoms with van der Waals surface area (Å²) in [5.41, 5.74) is 2.62. The Morgan fingerprint density at radius 2 is 1.80 bits per heavy atom. The van der Waals surface area contributed by atoms with Crippen LogP contribution in [0.25, 0.3) is 0 Å². The predicted octanol–water partition coefficient (Wildman–Crippen LogP) is 3.43. The summed E-state index contributed by atoms with van der Waals surface area (Å²) in [4.78, 5) is 16.2. The lowest BCUT2D eigenvalue weighted by atomic mass is 10.1. The number of sulfone groups is 1. The second kappa shape index (κ2) is 9.51. The van der Waals surface area contributed by atoms with Crippen molar-refractivity contribution < 1.29 is 18.3 Å². The van der Waals surface area contributed by atoms with Crippen molar-refractivity contribution in [3.05, 3.63) is 89.7 Å². The van der Waals surface area contributed by atoms with Gasteiger partial charge in [0.2, 0.25) is 0 Å². The van der Waals surface area contributed by atoms with E-state index in [4.69, 9.17) is 0 Å². The molecule has 0 aliphatic rings. The normalized spacial score (nSPS) is 12.2. The number of carbonyl (C=O) groups excluding carboxylic acids is 1. The summed E-state index contributed by atoms with van der Waals surface area (Å²) in [6.45, 7) is 1.96. The van der Waals surface area contributed by atoms with Crippen LogP contribution in [0.1, 0.15) is 29.7 Å². The number of rotatable bonds is 7. The van der Waals surface area contributed by atoms with Crippen LogP contribution in [0.4, 0.5) is 10.5 Å². The van der Waals surface area contributed by atoms with Gasteiger partial charge in [-0.2, -0.15) is 0 Å². The minimum atomic E-state index is -3.56. The molecule has 0 saturated carbocycles. The number of nitrogens with zero attached hydrogens (tertiary/aromatic N) is 1. The lowest BCUT2D eigenvalue weighted by Gasteiger charge is -2.10. The maximum atomic E-state index is 12.7. The lowest BCUT2D eigenvalue weighted by Crippen LogP contribution is -2.28. The van der Waals surface area contributed by atoms with Crippen molar-refractivity contribution in [3.63, 3.8) is 0 Å². The Hall–Kier alpha value is -3.23. The van der Waals surface area contributed by atoms with Crippen LogP contribution in [-0.2, 0) is 22.1 Å². The highest BCUT2D eigenvalue weighted by Gasteiger charge is 2.16. The summed E-state index contributed by atoms with van der Waals surface area (Å²) in [7, 11) is -3.56. The van der Waals surface area contributed by atoms with E-state index in [1.165, 1.54) is 12.1 Å². The number of benzene rings is 2. The first kappa shape index (κ1) is 21.5. The van der Waals surface area contributed by atoms with Crippen LogP contribution < -0.4 is 10.6 Å². The maximum absolute atomic E-state index is 12.7. The molecule has 0 bridgehead atoms. The fraction of sp³-hybridized carbons (Fsp3) is 0.182. The molecule has 1 aromatic heterocycles. The van der Waals surface area contributed by atoms with E-state index in [0.29, 0.717) is 23.4 Å². The molecule has 156 valence electrons. The second-order valence-corrected chi connectivity index (χ2v) is 8.86. The molecule has 30 heavy (non-hydrogen) atoms. The molecule has 0 radical (unpaired) electrons. The molecule has 7 nitrogen and oxygen atoms in total. The summed E-state index contributed by atoms with van der Waals surface area (Å²) < 4.78 is 25.4. The molecule has 3 aromatic rings. The molecule has 3 N–H and O–H groups in total. The molecule has 2 aromatic carbocycles. The van der Waals surface area contributed by atoms with E-state index < -0.39 is 22.0 Å². The van der Waals surface area contributed by atoms with Crippen LogP contribution >= 0.6 is 0 Å². The van der Waals surface area contributed by atoms with Gasteiger partial charge in [-0.3, -0.25) is 4.98 Å². The van der Waals surface area contributed by atoms with E-state index in [1.807, 2.05) is 6.07 Å². The highest BCUT2D eigenvalue weighted by molar-refractivity contribution is 7.90. The molecule has 0 aliphatic carbocycles. The molecule has 1 atom stereocenters. The van der Waals surface area contributed by atoms with Crippen molar-refractivity contribution >= 4 is 21.6 Å². The number of carbonyl (C=O) groups is 1. The maximum Gasteiger partial charge on any atom is 0.319 e. The van der Waals surface area contributed by atoms with Crippen LogP contribution in [0.5, 0.6) is 0 Å². The van der Waals surface area contributed by atoms with E-state index in [0.717, 1.165) is 5.56 Å². The Morgan fingerprint density at radius 3 is 2.47 bits per heavy atom. The average molecular weight is 426 g/mol. The Kier molecular flexibility index (Phi) is 6.81. The monoisotopic (exact) mass is 425 g/mol. The number of nitrogens with one attached hydrogen (secondary N) is 2. The van der Waals surface area contributed by atoms with Gasteiger partial charge in [0.15, 0.2) is 9.84 Å². The van der Waals surface area contributed by atoms with Crippen molar-refractivity contribution in [1.29, 1.82) is 0 Å². The van der Waals surface area contributed by atoms with Gasteiger partial charge in [0, 0.05) is 24.6 Å². The van der Waals surface area contributed by atoms with Crippen molar-refractivity contribution in [2.24, 2.45) is 0 Å². The third-order valence-electron chi connectivity index (χ3n) is 4.44. The molecule has 0 unspecified atom stereocenters. The molecule has 2 amide bonds. The first-order chi connectivity index (χ1) is 14.3. The van der Waals surface area contributed by atoms with Gasteiger partial charge in [0.25, 0.3) is 0 Å². The highest BCUT2D eigenvalue weighted by atomic mass is 32.2. The molecule has 0 spiro atoms. The molecule has 3 rings (SSSR count). The predicted molar refractivity (Wildman–Crippen MR) is 115 cm³/mol. The number of aliphatic hydroxyl groups excluding tert-OH is 1. The van der Waals surface area contributed by atoms with Gasteiger partial charge in [0.05, 0.1) is 16.8 Å². The lowest BCUT2D eigenvalue weighted by molar-refractivity contribution is 0.199. The zero-order valence-corrected chi connectivity index (χ0v) is 17.3. The number of anilines is 1.